The summed E-state index contributed by atoms with van der Waals surface area (Å²) in [5.41, 5.74) is -0.0340. The number of ether oxygens (including phenoxy) is 1. The Labute approximate surface area is 172 Å². The van der Waals surface area contributed by atoms with Gasteiger partial charge in [-0.25, -0.2) is 4.79 Å². The first-order valence-corrected chi connectivity index (χ1v) is 10.0. The van der Waals surface area contributed by atoms with Gasteiger partial charge in [-0.05, 0) is 44.4 Å². The molecule has 1 atom stereocenters. The molecule has 1 N–H and O–H groups in total. The SMILES string of the molecule is Cc1ccc(C(=O)COC(=O)CN2C(=O)N[C@](C)(CCc3ccccc3)C2=O)s1. The number of benzene rings is 1. The van der Waals surface area contributed by atoms with Crippen molar-refractivity contribution in [3.8, 4) is 0 Å². The number of esters is 1. The fraction of sp³-hybridized carbons (Fsp3) is 0.333. The topological polar surface area (TPSA) is 92.8 Å². The number of urea groups is 1. The van der Waals surface area contributed by atoms with Crippen molar-refractivity contribution >= 4 is 35.0 Å². The predicted octanol–water partition coefficient (Wildman–Crippen LogP) is 2.73. The van der Waals surface area contributed by atoms with Crippen LogP contribution in [0.3, 0.4) is 0 Å². The first kappa shape index (κ1) is 20.7. The number of carbonyl (C=O) groups is 4. The second-order valence-corrected chi connectivity index (χ2v) is 8.42. The third kappa shape index (κ3) is 4.89. The number of nitrogens with zero attached hydrogens (tertiary/aromatic N) is 1. The van der Waals surface area contributed by atoms with Gasteiger partial charge in [-0.2, -0.15) is 0 Å². The maximum Gasteiger partial charge on any atom is 0.326 e. The summed E-state index contributed by atoms with van der Waals surface area (Å²) in [5.74, 6) is -1.60. The van der Waals surface area contributed by atoms with Crippen LogP contribution < -0.4 is 5.32 Å². The summed E-state index contributed by atoms with van der Waals surface area (Å²) in [7, 11) is 0. The summed E-state index contributed by atoms with van der Waals surface area (Å²) in [4.78, 5) is 51.4. The van der Waals surface area contributed by atoms with Gasteiger partial charge >= 0.3 is 12.0 Å². The van der Waals surface area contributed by atoms with Crippen molar-refractivity contribution in [2.45, 2.75) is 32.2 Å². The van der Waals surface area contributed by atoms with Gasteiger partial charge in [-0.15, -0.1) is 11.3 Å². The Bertz CT molecular complexity index is 940. The predicted molar refractivity (Wildman–Crippen MR) is 108 cm³/mol. The van der Waals surface area contributed by atoms with Crippen LogP contribution in [0, 0.1) is 6.92 Å². The molecule has 7 nitrogen and oxygen atoms in total. The quantitative estimate of drug-likeness (QED) is 0.407. The second-order valence-electron chi connectivity index (χ2n) is 7.13. The van der Waals surface area contributed by atoms with Crippen molar-refractivity contribution in [1.29, 1.82) is 0 Å². The van der Waals surface area contributed by atoms with Crippen molar-refractivity contribution in [2.75, 3.05) is 13.2 Å². The molecule has 1 aromatic carbocycles. The van der Waals surface area contributed by atoms with Gasteiger partial charge in [-0.3, -0.25) is 19.3 Å². The fourth-order valence-electron chi connectivity index (χ4n) is 3.08. The maximum absolute atomic E-state index is 12.7. The van der Waals surface area contributed by atoms with Gasteiger partial charge in [0.1, 0.15) is 12.1 Å². The van der Waals surface area contributed by atoms with E-state index in [1.165, 1.54) is 11.3 Å². The molecule has 0 radical (unpaired) electrons. The highest BCUT2D eigenvalue weighted by Crippen LogP contribution is 2.23. The maximum atomic E-state index is 12.7. The normalized spacial score (nSPS) is 18.6. The summed E-state index contributed by atoms with van der Waals surface area (Å²) < 4.78 is 4.97. The van der Waals surface area contributed by atoms with Crippen LogP contribution in [0.4, 0.5) is 4.79 Å². The number of hydrogen-bond acceptors (Lipinski definition) is 6. The molecule has 1 aliphatic rings. The molecular formula is C21H22N2O5S. The Morgan fingerprint density at radius 3 is 2.52 bits per heavy atom. The molecule has 1 aromatic heterocycles. The lowest BCUT2D eigenvalue weighted by Crippen LogP contribution is -2.44. The van der Waals surface area contributed by atoms with Crippen molar-refractivity contribution in [3.63, 3.8) is 0 Å². The molecule has 152 valence electrons. The third-order valence-corrected chi connectivity index (χ3v) is 5.81. The highest BCUT2D eigenvalue weighted by molar-refractivity contribution is 7.14. The van der Waals surface area contributed by atoms with Crippen molar-refractivity contribution in [3.05, 3.63) is 57.8 Å². The molecule has 1 fully saturated rings. The molecule has 2 heterocycles. The van der Waals surface area contributed by atoms with Crippen molar-refractivity contribution in [2.24, 2.45) is 0 Å². The van der Waals surface area contributed by atoms with Gasteiger partial charge in [-0.1, -0.05) is 30.3 Å². The van der Waals surface area contributed by atoms with Gasteiger partial charge in [0.25, 0.3) is 5.91 Å². The highest BCUT2D eigenvalue weighted by Gasteiger charge is 2.48. The third-order valence-electron chi connectivity index (χ3n) is 4.77. The summed E-state index contributed by atoms with van der Waals surface area (Å²) in [5, 5.41) is 2.66. The lowest BCUT2D eigenvalue weighted by molar-refractivity contribution is -0.146. The minimum Gasteiger partial charge on any atom is -0.456 e. The van der Waals surface area contributed by atoms with Crippen LogP contribution >= 0.6 is 11.3 Å². The van der Waals surface area contributed by atoms with Gasteiger partial charge < -0.3 is 10.1 Å². The molecule has 0 spiro atoms. The van der Waals surface area contributed by atoms with Crippen molar-refractivity contribution < 1.29 is 23.9 Å². The zero-order valence-electron chi connectivity index (χ0n) is 16.3. The van der Waals surface area contributed by atoms with Crippen LogP contribution in [0.1, 0.15) is 33.5 Å². The molecule has 1 aliphatic heterocycles. The number of Topliss-reactive ketones (excluding diaryl/α,β-unsaturated/α-hetero) is 1. The largest absolute Gasteiger partial charge is 0.456 e. The Hall–Kier alpha value is -3.00. The zero-order valence-corrected chi connectivity index (χ0v) is 17.1. The second kappa shape index (κ2) is 8.57. The summed E-state index contributed by atoms with van der Waals surface area (Å²) in [6.45, 7) is 2.57. The molecular weight excluding hydrogens is 392 g/mol. The number of aryl methyl sites for hydroxylation is 2. The van der Waals surface area contributed by atoms with E-state index < -0.39 is 36.6 Å². The molecule has 0 bridgehead atoms. The number of rotatable bonds is 8. The van der Waals surface area contributed by atoms with Gasteiger partial charge in [0, 0.05) is 4.88 Å². The summed E-state index contributed by atoms with van der Waals surface area (Å²) in [6.07, 6.45) is 1.01. The van der Waals surface area contributed by atoms with Crippen molar-refractivity contribution in [1.82, 2.24) is 10.2 Å². The number of amides is 3. The number of carbonyl (C=O) groups excluding carboxylic acids is 4. The van der Waals surface area contributed by atoms with E-state index in [0.29, 0.717) is 17.7 Å². The Morgan fingerprint density at radius 1 is 1.14 bits per heavy atom. The Kier molecular flexibility index (Phi) is 6.12. The molecule has 1 saturated heterocycles. The van der Waals surface area contributed by atoms with Gasteiger partial charge in [0.15, 0.2) is 6.61 Å². The van der Waals surface area contributed by atoms with Crippen LogP contribution in [0.5, 0.6) is 0 Å². The number of thiophene rings is 1. The summed E-state index contributed by atoms with van der Waals surface area (Å²) in [6, 6.07) is 12.5. The Balaban J connectivity index is 1.53. The number of imide groups is 1. The molecule has 0 unspecified atom stereocenters. The molecule has 8 heteroatoms. The van der Waals surface area contributed by atoms with E-state index in [2.05, 4.69) is 5.32 Å². The van der Waals surface area contributed by atoms with E-state index in [9.17, 15) is 19.2 Å². The van der Waals surface area contributed by atoms with E-state index in [4.69, 9.17) is 4.74 Å². The lowest BCUT2D eigenvalue weighted by atomic mass is 9.93. The van der Waals surface area contributed by atoms with E-state index in [1.54, 1.807) is 13.0 Å². The van der Waals surface area contributed by atoms with Crippen LogP contribution in [0.25, 0.3) is 0 Å². The van der Waals surface area contributed by atoms with Crippen LogP contribution in [-0.4, -0.2) is 47.3 Å². The lowest BCUT2D eigenvalue weighted by Gasteiger charge is -2.21. The van der Waals surface area contributed by atoms with Crippen LogP contribution in [-0.2, 0) is 20.7 Å². The molecule has 2 aromatic rings. The first-order chi connectivity index (χ1) is 13.8. The Morgan fingerprint density at radius 2 is 1.86 bits per heavy atom. The van der Waals surface area contributed by atoms with Crippen LogP contribution in [0.2, 0.25) is 0 Å². The summed E-state index contributed by atoms with van der Waals surface area (Å²) >= 11 is 1.32. The zero-order chi connectivity index (χ0) is 21.0. The standard InChI is InChI=1S/C21H22N2O5S/c1-14-8-9-17(29-14)16(24)13-28-18(25)12-23-19(26)21(2,22-20(23)27)11-10-15-6-4-3-5-7-15/h3-9H,10-13H2,1-2H3,(H,22,27)/t21-/m1/s1. The van der Waals surface area contributed by atoms with Gasteiger partial charge in [0.2, 0.25) is 5.78 Å². The molecule has 3 rings (SSSR count). The number of hydrogen-bond donors (Lipinski definition) is 1. The number of ketones is 1. The minimum atomic E-state index is -1.09. The molecule has 3 amide bonds. The monoisotopic (exact) mass is 414 g/mol. The van der Waals surface area contributed by atoms with E-state index in [-0.39, 0.29) is 5.78 Å². The van der Waals surface area contributed by atoms with Crippen LogP contribution in [0.15, 0.2) is 42.5 Å². The van der Waals surface area contributed by atoms with E-state index >= 15 is 0 Å². The van der Waals surface area contributed by atoms with Gasteiger partial charge in [0.05, 0.1) is 4.88 Å². The average Bonchev–Trinajstić information content (AvgIpc) is 3.23. The smallest absolute Gasteiger partial charge is 0.326 e. The first-order valence-electron chi connectivity index (χ1n) is 9.22. The van der Waals surface area contributed by atoms with E-state index in [0.717, 1.165) is 15.3 Å². The highest BCUT2D eigenvalue weighted by atomic mass is 32.1. The van der Waals surface area contributed by atoms with E-state index in [1.807, 2.05) is 43.3 Å². The molecule has 0 saturated carbocycles. The fourth-order valence-corrected chi connectivity index (χ4v) is 3.87. The number of nitrogens with one attached hydrogen (secondary N) is 1. The minimum absolute atomic E-state index is 0.318. The molecule has 0 aliphatic carbocycles. The molecule has 29 heavy (non-hydrogen) atoms. The average molecular weight is 414 g/mol.